The smallest absolute Gasteiger partial charge is 0.417 e. The molecule has 0 heterocycles. The van der Waals surface area contributed by atoms with Gasteiger partial charge in [0.2, 0.25) is 0 Å². The fourth-order valence-corrected chi connectivity index (χ4v) is 1.31. The number of halogens is 3. The Morgan fingerprint density at radius 3 is 2.56 bits per heavy atom. The van der Waals surface area contributed by atoms with E-state index in [4.69, 9.17) is 14.7 Å². The summed E-state index contributed by atoms with van der Waals surface area (Å²) >= 11 is 0. The first-order chi connectivity index (χ1) is 8.49. The molecule has 0 aliphatic carbocycles. The van der Waals surface area contributed by atoms with Crippen LogP contribution in [0.4, 0.5) is 13.2 Å². The molecule has 1 rings (SSSR count). The van der Waals surface area contributed by atoms with Crippen LogP contribution in [0.25, 0.3) is 0 Å². The summed E-state index contributed by atoms with van der Waals surface area (Å²) in [4.78, 5) is 0. The van der Waals surface area contributed by atoms with Crippen LogP contribution in [-0.4, -0.2) is 19.8 Å². The minimum absolute atomic E-state index is 0.0704. The number of nitriles is 1. The van der Waals surface area contributed by atoms with E-state index in [1.807, 2.05) is 6.92 Å². The number of ether oxygens (including phenoxy) is 2. The van der Waals surface area contributed by atoms with Crippen LogP contribution >= 0.6 is 0 Å². The van der Waals surface area contributed by atoms with Gasteiger partial charge in [-0.2, -0.15) is 18.4 Å². The molecule has 0 atom stereocenters. The van der Waals surface area contributed by atoms with Gasteiger partial charge in [0.25, 0.3) is 0 Å². The van der Waals surface area contributed by atoms with Crippen molar-refractivity contribution in [2.24, 2.45) is 0 Å². The summed E-state index contributed by atoms with van der Waals surface area (Å²) in [5.41, 5.74) is -1.40. The fourth-order valence-electron chi connectivity index (χ4n) is 1.31. The van der Waals surface area contributed by atoms with E-state index in [0.717, 1.165) is 12.1 Å². The molecule has 0 saturated heterocycles. The van der Waals surface area contributed by atoms with Crippen molar-refractivity contribution in [3.05, 3.63) is 29.3 Å². The quantitative estimate of drug-likeness (QED) is 0.763. The summed E-state index contributed by atoms with van der Waals surface area (Å²) < 4.78 is 48.0. The predicted octanol–water partition coefficient (Wildman–Crippen LogP) is 2.99. The maximum absolute atomic E-state index is 12.6. The van der Waals surface area contributed by atoms with Crippen molar-refractivity contribution >= 4 is 0 Å². The van der Waals surface area contributed by atoms with Crippen LogP contribution in [0.2, 0.25) is 0 Å². The van der Waals surface area contributed by atoms with Crippen LogP contribution in [-0.2, 0) is 10.9 Å². The van der Waals surface area contributed by atoms with Gasteiger partial charge in [-0.3, -0.25) is 0 Å². The zero-order valence-electron chi connectivity index (χ0n) is 9.75. The first-order valence-corrected chi connectivity index (χ1v) is 5.31. The Labute approximate surface area is 103 Å². The Bertz CT molecular complexity index is 438. The van der Waals surface area contributed by atoms with Gasteiger partial charge in [0, 0.05) is 6.61 Å². The molecule has 1 aromatic carbocycles. The van der Waals surface area contributed by atoms with Gasteiger partial charge < -0.3 is 9.47 Å². The average molecular weight is 259 g/mol. The van der Waals surface area contributed by atoms with Crippen LogP contribution in [0.3, 0.4) is 0 Å². The van der Waals surface area contributed by atoms with Gasteiger partial charge in [0.05, 0.1) is 23.8 Å². The second-order valence-corrected chi connectivity index (χ2v) is 3.36. The molecule has 0 saturated carbocycles. The molecular weight excluding hydrogens is 247 g/mol. The van der Waals surface area contributed by atoms with Gasteiger partial charge in [-0.25, -0.2) is 0 Å². The molecule has 0 aromatic heterocycles. The third-order valence-corrected chi connectivity index (χ3v) is 2.12. The largest absolute Gasteiger partial charge is 0.491 e. The lowest BCUT2D eigenvalue weighted by molar-refractivity contribution is -0.137. The van der Waals surface area contributed by atoms with E-state index in [1.54, 1.807) is 0 Å². The minimum Gasteiger partial charge on any atom is -0.491 e. The van der Waals surface area contributed by atoms with Gasteiger partial charge >= 0.3 is 6.18 Å². The number of alkyl halides is 3. The lowest BCUT2D eigenvalue weighted by Gasteiger charge is -2.11. The number of hydrogen-bond donors (Lipinski definition) is 0. The van der Waals surface area contributed by atoms with Crippen LogP contribution in [0, 0.1) is 11.3 Å². The van der Waals surface area contributed by atoms with E-state index in [2.05, 4.69) is 0 Å². The van der Waals surface area contributed by atoms with Gasteiger partial charge in [-0.05, 0) is 25.1 Å². The van der Waals surface area contributed by atoms with Crippen molar-refractivity contribution in [3.63, 3.8) is 0 Å². The van der Waals surface area contributed by atoms with Crippen molar-refractivity contribution in [2.75, 3.05) is 19.8 Å². The number of nitrogens with zero attached hydrogens (tertiary/aromatic N) is 1. The van der Waals surface area contributed by atoms with Crippen LogP contribution in [0.1, 0.15) is 18.1 Å². The summed E-state index contributed by atoms with van der Waals surface area (Å²) in [6.45, 7) is 2.79. The topological polar surface area (TPSA) is 42.2 Å². The average Bonchev–Trinajstić information content (AvgIpc) is 2.33. The molecule has 98 valence electrons. The summed E-state index contributed by atoms with van der Waals surface area (Å²) in [5, 5.41) is 8.61. The predicted molar refractivity (Wildman–Crippen MR) is 58.1 cm³/mol. The molecule has 18 heavy (non-hydrogen) atoms. The molecule has 3 nitrogen and oxygen atoms in total. The maximum Gasteiger partial charge on any atom is 0.417 e. The van der Waals surface area contributed by atoms with Crippen molar-refractivity contribution < 1.29 is 22.6 Å². The Morgan fingerprint density at radius 2 is 2.00 bits per heavy atom. The molecular formula is C12H12F3NO2. The van der Waals surface area contributed by atoms with Crippen LogP contribution in [0.5, 0.6) is 5.75 Å². The minimum atomic E-state index is -4.57. The van der Waals surface area contributed by atoms with Gasteiger partial charge in [0.15, 0.2) is 0 Å². The third kappa shape index (κ3) is 3.93. The molecule has 0 amide bonds. The maximum atomic E-state index is 12.6. The van der Waals surface area contributed by atoms with Crippen LogP contribution < -0.4 is 4.74 Å². The fraction of sp³-hybridized carbons (Fsp3) is 0.417. The summed E-state index contributed by atoms with van der Waals surface area (Å²) in [5.74, 6) is 0.0704. The lowest BCUT2D eigenvalue weighted by atomic mass is 10.1. The highest BCUT2D eigenvalue weighted by atomic mass is 19.4. The van der Waals surface area contributed by atoms with E-state index in [9.17, 15) is 13.2 Å². The number of benzene rings is 1. The number of rotatable bonds is 5. The molecule has 6 heteroatoms. The first kappa shape index (κ1) is 14.3. The van der Waals surface area contributed by atoms with Crippen molar-refractivity contribution in [3.8, 4) is 11.8 Å². The zero-order valence-corrected chi connectivity index (χ0v) is 9.75. The molecule has 0 aliphatic rings. The highest BCUT2D eigenvalue weighted by Gasteiger charge is 2.34. The zero-order chi connectivity index (χ0) is 13.6. The molecule has 0 aliphatic heterocycles. The highest BCUT2D eigenvalue weighted by Crippen LogP contribution is 2.34. The Hall–Kier alpha value is -1.74. The first-order valence-electron chi connectivity index (χ1n) is 5.31. The Morgan fingerprint density at radius 1 is 1.28 bits per heavy atom. The lowest BCUT2D eigenvalue weighted by Crippen LogP contribution is -2.10. The van der Waals surface area contributed by atoms with Crippen molar-refractivity contribution in [2.45, 2.75) is 13.1 Å². The van der Waals surface area contributed by atoms with Gasteiger partial charge in [-0.1, -0.05) is 0 Å². The molecule has 0 N–H and O–H groups in total. The standard InChI is InChI=1S/C12H12F3NO2/c1-2-17-5-6-18-10-4-3-9(8-16)11(7-10)12(13,14)15/h3-4,7H,2,5-6H2,1H3. The van der Waals surface area contributed by atoms with Crippen molar-refractivity contribution in [1.29, 1.82) is 5.26 Å². The monoisotopic (exact) mass is 259 g/mol. The summed E-state index contributed by atoms with van der Waals surface area (Å²) in [6.07, 6.45) is -4.57. The molecule has 0 spiro atoms. The summed E-state index contributed by atoms with van der Waals surface area (Å²) in [6, 6.07) is 4.76. The number of hydrogen-bond acceptors (Lipinski definition) is 3. The second-order valence-electron chi connectivity index (χ2n) is 3.36. The van der Waals surface area contributed by atoms with E-state index < -0.39 is 17.3 Å². The highest BCUT2D eigenvalue weighted by molar-refractivity contribution is 5.44. The van der Waals surface area contributed by atoms with Gasteiger partial charge in [0.1, 0.15) is 12.4 Å². The molecule has 1 aromatic rings. The Kier molecular flexibility index (Phi) is 4.98. The normalized spacial score (nSPS) is 11.1. The second kappa shape index (κ2) is 6.26. The van der Waals surface area contributed by atoms with Crippen LogP contribution in [0.15, 0.2) is 18.2 Å². The van der Waals surface area contributed by atoms with E-state index in [1.165, 1.54) is 12.1 Å². The van der Waals surface area contributed by atoms with E-state index in [-0.39, 0.29) is 12.4 Å². The van der Waals surface area contributed by atoms with Crippen molar-refractivity contribution in [1.82, 2.24) is 0 Å². The summed E-state index contributed by atoms with van der Waals surface area (Å²) in [7, 11) is 0. The SMILES string of the molecule is CCOCCOc1ccc(C#N)c(C(F)(F)F)c1. The molecule has 0 radical (unpaired) electrons. The molecule has 0 bridgehead atoms. The third-order valence-electron chi connectivity index (χ3n) is 2.12. The molecule has 0 unspecified atom stereocenters. The van der Waals surface area contributed by atoms with Gasteiger partial charge in [-0.15, -0.1) is 0 Å². The molecule has 0 fully saturated rings. The Balaban J connectivity index is 2.81. The van der Waals surface area contributed by atoms with E-state index in [0.29, 0.717) is 13.2 Å². The van der Waals surface area contributed by atoms with E-state index >= 15 is 0 Å².